The molecule has 0 bridgehead atoms. The summed E-state index contributed by atoms with van der Waals surface area (Å²) in [6, 6.07) is 16.9. The van der Waals surface area contributed by atoms with Gasteiger partial charge in [0.05, 0.1) is 11.0 Å². The van der Waals surface area contributed by atoms with Gasteiger partial charge in [0.1, 0.15) is 0 Å². The van der Waals surface area contributed by atoms with Gasteiger partial charge >= 0.3 is 0 Å². The monoisotopic (exact) mass is 432 g/mol. The van der Waals surface area contributed by atoms with Crippen molar-refractivity contribution in [2.24, 2.45) is 4.99 Å². The molecular formula is C22H32N4O3S. The fourth-order valence-corrected chi connectivity index (χ4v) is 3.78. The van der Waals surface area contributed by atoms with Crippen LogP contribution in [0.5, 0.6) is 0 Å². The summed E-state index contributed by atoms with van der Waals surface area (Å²) in [7, 11) is -1.82. The molecule has 1 atom stereocenters. The average molecular weight is 433 g/mol. The van der Waals surface area contributed by atoms with Gasteiger partial charge in [-0.05, 0) is 38.0 Å². The van der Waals surface area contributed by atoms with Gasteiger partial charge in [0.15, 0.2) is 5.96 Å². The smallest absolute Gasteiger partial charge is 0.240 e. The zero-order valence-corrected chi connectivity index (χ0v) is 18.7. The molecule has 2 aromatic rings. The van der Waals surface area contributed by atoms with Gasteiger partial charge in [0.25, 0.3) is 0 Å². The highest BCUT2D eigenvalue weighted by Crippen LogP contribution is 2.15. The molecule has 0 aliphatic carbocycles. The van der Waals surface area contributed by atoms with E-state index in [1.807, 2.05) is 32.0 Å². The third kappa shape index (κ3) is 8.14. The van der Waals surface area contributed by atoms with E-state index >= 15 is 0 Å². The maximum Gasteiger partial charge on any atom is 0.240 e. The lowest BCUT2D eigenvalue weighted by Crippen LogP contribution is -2.42. The summed E-state index contributed by atoms with van der Waals surface area (Å²) in [5, 5.41) is 6.30. The van der Waals surface area contributed by atoms with Gasteiger partial charge < -0.3 is 15.4 Å². The summed E-state index contributed by atoms with van der Waals surface area (Å²) in [6.07, 6.45) is 0.892. The Bertz CT molecular complexity index is 884. The maximum absolute atomic E-state index is 12.3. The molecule has 164 valence electrons. The Hall–Kier alpha value is -2.42. The quantitative estimate of drug-likeness (QED) is 0.288. The Labute approximate surface area is 180 Å². The zero-order valence-electron chi connectivity index (χ0n) is 17.9. The van der Waals surface area contributed by atoms with Crippen molar-refractivity contribution >= 4 is 16.0 Å². The predicted molar refractivity (Wildman–Crippen MR) is 121 cm³/mol. The second kappa shape index (κ2) is 12.3. The van der Waals surface area contributed by atoms with Gasteiger partial charge in [-0.15, -0.1) is 0 Å². The van der Waals surface area contributed by atoms with Crippen LogP contribution in [0.2, 0.25) is 0 Å². The summed E-state index contributed by atoms with van der Waals surface area (Å²) in [5.74, 6) is 0.626. The van der Waals surface area contributed by atoms with E-state index in [4.69, 9.17) is 4.74 Å². The van der Waals surface area contributed by atoms with Gasteiger partial charge in [-0.3, -0.25) is 4.99 Å². The molecule has 0 fully saturated rings. The molecule has 0 saturated carbocycles. The number of sulfonamides is 1. The number of hydrogen-bond acceptors (Lipinski definition) is 4. The molecule has 2 rings (SSSR count). The first-order valence-electron chi connectivity index (χ1n) is 10.1. The first kappa shape index (κ1) is 23.9. The summed E-state index contributed by atoms with van der Waals surface area (Å²) in [5.41, 5.74) is 2.18. The number of ether oxygens (including phenoxy) is 1. The number of nitrogens with one attached hydrogen (secondary N) is 3. The molecule has 8 heteroatoms. The highest BCUT2D eigenvalue weighted by atomic mass is 32.2. The van der Waals surface area contributed by atoms with E-state index in [0.717, 1.165) is 17.5 Å². The fraction of sp³-hybridized carbons (Fsp3) is 0.409. The van der Waals surface area contributed by atoms with E-state index < -0.39 is 10.0 Å². The number of hydrogen-bond donors (Lipinski definition) is 3. The minimum Gasteiger partial charge on any atom is -0.374 e. The van der Waals surface area contributed by atoms with Gasteiger partial charge in [0.2, 0.25) is 10.0 Å². The number of benzene rings is 2. The SMILES string of the molecule is CN=C(NCCCOC(C)c1ccccc1)NCCNS(=O)(=O)c1ccc(C)cc1. The molecule has 1 unspecified atom stereocenters. The normalized spacial score (nSPS) is 13.1. The van der Waals surface area contributed by atoms with Crippen LogP contribution in [0.4, 0.5) is 0 Å². The van der Waals surface area contributed by atoms with Crippen molar-refractivity contribution in [1.82, 2.24) is 15.4 Å². The summed E-state index contributed by atoms with van der Waals surface area (Å²) < 4.78 is 33.0. The molecule has 2 aromatic carbocycles. The van der Waals surface area contributed by atoms with Crippen LogP contribution in [0, 0.1) is 6.92 Å². The van der Waals surface area contributed by atoms with Crippen molar-refractivity contribution in [2.45, 2.75) is 31.3 Å². The largest absolute Gasteiger partial charge is 0.374 e. The summed E-state index contributed by atoms with van der Waals surface area (Å²) in [6.45, 7) is 5.98. The molecule has 0 aromatic heterocycles. The van der Waals surface area contributed by atoms with Crippen molar-refractivity contribution in [3.05, 3.63) is 65.7 Å². The minimum atomic E-state index is -3.50. The van der Waals surface area contributed by atoms with Crippen LogP contribution in [0.3, 0.4) is 0 Å². The van der Waals surface area contributed by atoms with Gasteiger partial charge in [-0.1, -0.05) is 48.0 Å². The highest BCUT2D eigenvalue weighted by molar-refractivity contribution is 7.89. The molecule has 0 aliphatic heterocycles. The third-order valence-corrected chi connectivity index (χ3v) is 5.99. The van der Waals surface area contributed by atoms with Crippen LogP contribution < -0.4 is 15.4 Å². The van der Waals surface area contributed by atoms with Crippen LogP contribution in [-0.2, 0) is 14.8 Å². The molecular weight excluding hydrogens is 400 g/mol. The molecule has 0 heterocycles. The second-order valence-electron chi connectivity index (χ2n) is 6.91. The van der Waals surface area contributed by atoms with Crippen molar-refractivity contribution in [1.29, 1.82) is 0 Å². The Morgan fingerprint density at radius 2 is 1.67 bits per heavy atom. The van der Waals surface area contributed by atoms with Crippen molar-refractivity contribution < 1.29 is 13.2 Å². The number of aryl methyl sites for hydroxylation is 1. The van der Waals surface area contributed by atoms with Crippen LogP contribution in [0.25, 0.3) is 0 Å². The molecule has 30 heavy (non-hydrogen) atoms. The van der Waals surface area contributed by atoms with E-state index in [9.17, 15) is 8.42 Å². The van der Waals surface area contributed by atoms with E-state index in [-0.39, 0.29) is 17.5 Å². The molecule has 7 nitrogen and oxygen atoms in total. The number of rotatable bonds is 11. The molecule has 0 radical (unpaired) electrons. The lowest BCUT2D eigenvalue weighted by Gasteiger charge is -2.15. The van der Waals surface area contributed by atoms with E-state index in [1.54, 1.807) is 31.3 Å². The van der Waals surface area contributed by atoms with E-state index in [2.05, 4.69) is 32.5 Å². The number of nitrogens with zero attached hydrogens (tertiary/aromatic N) is 1. The Balaban J connectivity index is 1.61. The van der Waals surface area contributed by atoms with Crippen molar-refractivity contribution in [2.75, 3.05) is 33.3 Å². The Kier molecular flexibility index (Phi) is 9.79. The molecule has 0 amide bonds. The minimum absolute atomic E-state index is 0.0604. The van der Waals surface area contributed by atoms with E-state index in [1.165, 1.54) is 0 Å². The lowest BCUT2D eigenvalue weighted by molar-refractivity contribution is 0.0646. The summed E-state index contributed by atoms with van der Waals surface area (Å²) >= 11 is 0. The van der Waals surface area contributed by atoms with Gasteiger partial charge in [0, 0.05) is 33.3 Å². The molecule has 0 saturated heterocycles. The van der Waals surface area contributed by atoms with Crippen LogP contribution in [0.15, 0.2) is 64.5 Å². The Morgan fingerprint density at radius 3 is 2.33 bits per heavy atom. The predicted octanol–water partition coefficient (Wildman–Crippen LogP) is 2.61. The standard InChI is InChI=1S/C22H32N4O3S/c1-18-10-12-21(13-11-18)30(27,28)26-16-15-25-22(23-3)24-14-7-17-29-19(2)20-8-5-4-6-9-20/h4-6,8-13,19,26H,7,14-17H2,1-3H3,(H2,23,24,25). The first-order valence-corrected chi connectivity index (χ1v) is 11.6. The van der Waals surface area contributed by atoms with Crippen LogP contribution in [0.1, 0.15) is 30.6 Å². The van der Waals surface area contributed by atoms with Crippen LogP contribution >= 0.6 is 0 Å². The second-order valence-corrected chi connectivity index (χ2v) is 8.68. The van der Waals surface area contributed by atoms with Crippen molar-refractivity contribution in [3.8, 4) is 0 Å². The number of guanidine groups is 1. The topological polar surface area (TPSA) is 91.8 Å². The molecule has 3 N–H and O–H groups in total. The Morgan fingerprint density at radius 1 is 1.00 bits per heavy atom. The zero-order chi connectivity index (χ0) is 21.8. The van der Waals surface area contributed by atoms with Gasteiger partial charge in [-0.25, -0.2) is 13.1 Å². The van der Waals surface area contributed by atoms with Crippen molar-refractivity contribution in [3.63, 3.8) is 0 Å². The fourth-order valence-electron chi connectivity index (χ4n) is 2.75. The maximum atomic E-state index is 12.3. The first-order chi connectivity index (χ1) is 14.4. The lowest BCUT2D eigenvalue weighted by atomic mass is 10.1. The van der Waals surface area contributed by atoms with E-state index in [0.29, 0.717) is 25.7 Å². The molecule has 0 aliphatic rings. The third-order valence-electron chi connectivity index (χ3n) is 4.51. The summed E-state index contributed by atoms with van der Waals surface area (Å²) in [4.78, 5) is 4.41. The highest BCUT2D eigenvalue weighted by Gasteiger charge is 2.12. The number of aliphatic imine (C=N–C) groups is 1. The van der Waals surface area contributed by atoms with Gasteiger partial charge in [-0.2, -0.15) is 0 Å². The van der Waals surface area contributed by atoms with Crippen LogP contribution in [-0.4, -0.2) is 47.7 Å². The average Bonchev–Trinajstić information content (AvgIpc) is 2.75. The molecule has 0 spiro atoms.